The summed E-state index contributed by atoms with van der Waals surface area (Å²) in [6.45, 7) is 3.32. The summed E-state index contributed by atoms with van der Waals surface area (Å²) >= 11 is 1.71. The molecule has 28 heavy (non-hydrogen) atoms. The van der Waals surface area contributed by atoms with Gasteiger partial charge in [-0.15, -0.1) is 0 Å². The van der Waals surface area contributed by atoms with E-state index in [0.717, 1.165) is 36.1 Å². The summed E-state index contributed by atoms with van der Waals surface area (Å²) in [6.07, 6.45) is 3.09. The van der Waals surface area contributed by atoms with Gasteiger partial charge in [0, 0.05) is 24.6 Å². The SMILES string of the molecule is Cc1ccc(C(=O)N(Cc2cccc(OCCc3ccsc3)c2)C2CC2)cc1. The molecule has 0 spiro atoms. The number of thiophene rings is 1. The van der Waals surface area contributed by atoms with Crippen molar-refractivity contribution in [3.05, 3.63) is 87.6 Å². The monoisotopic (exact) mass is 391 g/mol. The Hall–Kier alpha value is -2.59. The molecule has 0 unspecified atom stereocenters. The van der Waals surface area contributed by atoms with Crippen LogP contribution in [0.3, 0.4) is 0 Å². The molecular formula is C24H25NO2S. The summed E-state index contributed by atoms with van der Waals surface area (Å²) in [7, 11) is 0. The molecule has 0 bridgehead atoms. The summed E-state index contributed by atoms with van der Waals surface area (Å²) in [5.41, 5.74) is 4.35. The van der Waals surface area contributed by atoms with E-state index in [1.54, 1.807) is 11.3 Å². The molecule has 3 nitrogen and oxygen atoms in total. The average molecular weight is 392 g/mol. The average Bonchev–Trinajstić information content (AvgIpc) is 3.42. The van der Waals surface area contributed by atoms with E-state index in [1.165, 1.54) is 11.1 Å². The van der Waals surface area contributed by atoms with Crippen LogP contribution in [-0.4, -0.2) is 23.5 Å². The number of carbonyl (C=O) groups excluding carboxylic acids is 1. The molecule has 3 aromatic rings. The summed E-state index contributed by atoms with van der Waals surface area (Å²) in [5.74, 6) is 0.984. The number of amides is 1. The maximum atomic E-state index is 13.0. The van der Waals surface area contributed by atoms with Crippen LogP contribution in [0.4, 0.5) is 0 Å². The van der Waals surface area contributed by atoms with E-state index in [1.807, 2.05) is 48.2 Å². The van der Waals surface area contributed by atoms with E-state index in [9.17, 15) is 4.79 Å². The van der Waals surface area contributed by atoms with Gasteiger partial charge in [-0.05, 0) is 72.0 Å². The molecule has 1 amide bonds. The lowest BCUT2D eigenvalue weighted by Gasteiger charge is -2.23. The summed E-state index contributed by atoms with van der Waals surface area (Å²) in [5, 5.41) is 4.25. The molecule has 2 aromatic carbocycles. The number of hydrogen-bond acceptors (Lipinski definition) is 3. The van der Waals surface area contributed by atoms with Crippen LogP contribution >= 0.6 is 11.3 Å². The maximum absolute atomic E-state index is 13.0. The first-order chi connectivity index (χ1) is 13.7. The minimum Gasteiger partial charge on any atom is -0.493 e. The molecule has 0 saturated heterocycles. The minimum absolute atomic E-state index is 0.117. The third-order valence-electron chi connectivity index (χ3n) is 5.04. The van der Waals surface area contributed by atoms with Gasteiger partial charge >= 0.3 is 0 Å². The van der Waals surface area contributed by atoms with Gasteiger partial charge in [0.05, 0.1) is 6.61 Å². The molecule has 0 radical (unpaired) electrons. The fraction of sp³-hybridized carbons (Fsp3) is 0.292. The Morgan fingerprint density at radius 3 is 2.64 bits per heavy atom. The number of benzene rings is 2. The van der Waals surface area contributed by atoms with Crippen molar-refractivity contribution in [1.29, 1.82) is 0 Å². The fourth-order valence-electron chi connectivity index (χ4n) is 3.27. The Balaban J connectivity index is 1.41. The van der Waals surface area contributed by atoms with Crippen molar-refractivity contribution in [2.24, 2.45) is 0 Å². The van der Waals surface area contributed by atoms with Gasteiger partial charge in [-0.25, -0.2) is 0 Å². The van der Waals surface area contributed by atoms with Crippen LogP contribution in [0, 0.1) is 6.92 Å². The molecule has 144 valence electrons. The van der Waals surface area contributed by atoms with E-state index in [0.29, 0.717) is 19.2 Å². The Bertz CT molecular complexity index is 914. The van der Waals surface area contributed by atoms with Crippen molar-refractivity contribution < 1.29 is 9.53 Å². The number of aryl methyl sites for hydroxylation is 1. The number of rotatable bonds is 8. The standard InChI is InChI=1S/C24H25NO2S/c1-18-5-7-21(8-6-18)24(26)25(22-9-10-22)16-20-3-2-4-23(15-20)27-13-11-19-12-14-28-17-19/h2-8,12,14-15,17,22H,9-11,13,16H2,1H3. The van der Waals surface area contributed by atoms with Gasteiger partial charge in [0.15, 0.2) is 0 Å². The van der Waals surface area contributed by atoms with E-state index >= 15 is 0 Å². The Kier molecular flexibility index (Phi) is 5.77. The minimum atomic E-state index is 0.117. The predicted octanol–water partition coefficient (Wildman–Crippen LogP) is 5.48. The second kappa shape index (κ2) is 8.61. The first kappa shape index (κ1) is 18.8. The zero-order valence-corrected chi connectivity index (χ0v) is 17.0. The first-order valence-corrected chi connectivity index (χ1v) is 10.7. The highest BCUT2D eigenvalue weighted by Gasteiger charge is 2.33. The van der Waals surface area contributed by atoms with Gasteiger partial charge in [0.2, 0.25) is 0 Å². The smallest absolute Gasteiger partial charge is 0.254 e. The molecule has 1 fully saturated rings. The van der Waals surface area contributed by atoms with Crippen LogP contribution in [0.2, 0.25) is 0 Å². The molecule has 1 aromatic heterocycles. The first-order valence-electron chi connectivity index (χ1n) is 9.79. The van der Waals surface area contributed by atoms with Crippen molar-refractivity contribution in [2.75, 3.05) is 6.61 Å². The zero-order valence-electron chi connectivity index (χ0n) is 16.1. The highest BCUT2D eigenvalue weighted by atomic mass is 32.1. The Labute approximate surface area is 170 Å². The molecule has 1 aliphatic rings. The largest absolute Gasteiger partial charge is 0.493 e. The van der Waals surface area contributed by atoms with Gasteiger partial charge < -0.3 is 9.64 Å². The zero-order chi connectivity index (χ0) is 19.3. The van der Waals surface area contributed by atoms with Crippen LogP contribution in [0.15, 0.2) is 65.4 Å². The van der Waals surface area contributed by atoms with Gasteiger partial charge in [-0.2, -0.15) is 11.3 Å². The molecule has 1 aliphatic carbocycles. The Morgan fingerprint density at radius 1 is 1.11 bits per heavy atom. The van der Waals surface area contributed by atoms with Gasteiger partial charge in [0.1, 0.15) is 5.75 Å². The predicted molar refractivity (Wildman–Crippen MR) is 114 cm³/mol. The lowest BCUT2D eigenvalue weighted by molar-refractivity contribution is 0.0729. The van der Waals surface area contributed by atoms with Crippen molar-refractivity contribution in [3.8, 4) is 5.75 Å². The van der Waals surface area contributed by atoms with E-state index in [2.05, 4.69) is 29.0 Å². The second-order valence-electron chi connectivity index (χ2n) is 7.41. The summed E-state index contributed by atoms with van der Waals surface area (Å²) < 4.78 is 5.94. The number of carbonyl (C=O) groups is 1. The van der Waals surface area contributed by atoms with Gasteiger partial charge in [-0.1, -0.05) is 29.8 Å². The molecule has 4 heteroatoms. The Morgan fingerprint density at radius 2 is 1.93 bits per heavy atom. The maximum Gasteiger partial charge on any atom is 0.254 e. The molecule has 1 heterocycles. The lowest BCUT2D eigenvalue weighted by atomic mass is 10.1. The number of ether oxygens (including phenoxy) is 1. The van der Waals surface area contributed by atoms with Crippen LogP contribution < -0.4 is 4.74 Å². The quantitative estimate of drug-likeness (QED) is 0.509. The summed E-state index contributed by atoms with van der Waals surface area (Å²) in [4.78, 5) is 15.0. The third kappa shape index (κ3) is 4.82. The molecular weight excluding hydrogens is 366 g/mol. The van der Waals surface area contributed by atoms with Crippen molar-refractivity contribution in [1.82, 2.24) is 4.90 Å². The normalized spacial score (nSPS) is 13.3. The second-order valence-corrected chi connectivity index (χ2v) is 8.19. The molecule has 0 atom stereocenters. The highest BCUT2D eigenvalue weighted by Crippen LogP contribution is 2.30. The topological polar surface area (TPSA) is 29.5 Å². The van der Waals surface area contributed by atoms with Crippen LogP contribution in [0.25, 0.3) is 0 Å². The van der Waals surface area contributed by atoms with Crippen molar-refractivity contribution in [3.63, 3.8) is 0 Å². The van der Waals surface area contributed by atoms with E-state index in [4.69, 9.17) is 4.74 Å². The van der Waals surface area contributed by atoms with Gasteiger partial charge in [-0.3, -0.25) is 4.79 Å². The van der Waals surface area contributed by atoms with Gasteiger partial charge in [0.25, 0.3) is 5.91 Å². The summed E-state index contributed by atoms with van der Waals surface area (Å²) in [6, 6.07) is 18.5. The van der Waals surface area contributed by atoms with E-state index in [-0.39, 0.29) is 5.91 Å². The van der Waals surface area contributed by atoms with Crippen molar-refractivity contribution in [2.45, 2.75) is 38.8 Å². The lowest BCUT2D eigenvalue weighted by Crippen LogP contribution is -2.32. The molecule has 4 rings (SSSR count). The fourth-order valence-corrected chi connectivity index (χ4v) is 3.97. The number of nitrogens with zero attached hydrogens (tertiary/aromatic N) is 1. The van der Waals surface area contributed by atoms with E-state index < -0.39 is 0 Å². The molecule has 0 aliphatic heterocycles. The van der Waals surface area contributed by atoms with Crippen LogP contribution in [0.1, 0.15) is 39.9 Å². The number of hydrogen-bond donors (Lipinski definition) is 0. The van der Waals surface area contributed by atoms with Crippen LogP contribution in [0.5, 0.6) is 5.75 Å². The third-order valence-corrected chi connectivity index (χ3v) is 5.77. The molecule has 0 N–H and O–H groups in total. The molecule has 1 saturated carbocycles. The van der Waals surface area contributed by atoms with Crippen LogP contribution in [-0.2, 0) is 13.0 Å². The highest BCUT2D eigenvalue weighted by molar-refractivity contribution is 7.07. The van der Waals surface area contributed by atoms with Crippen molar-refractivity contribution >= 4 is 17.2 Å².